The van der Waals surface area contributed by atoms with Gasteiger partial charge in [0.1, 0.15) is 5.01 Å². The Kier molecular flexibility index (Phi) is 4.72. The van der Waals surface area contributed by atoms with E-state index in [1.165, 1.54) is 0 Å². The Morgan fingerprint density at radius 3 is 3.06 bits per heavy atom. The molecule has 0 aliphatic carbocycles. The van der Waals surface area contributed by atoms with Gasteiger partial charge in [-0.05, 0) is 25.8 Å². The molecule has 2 rings (SSSR count). The van der Waals surface area contributed by atoms with Gasteiger partial charge < -0.3 is 10.2 Å². The molecule has 100 valence electrons. The van der Waals surface area contributed by atoms with Crippen molar-refractivity contribution in [2.75, 3.05) is 13.1 Å². The van der Waals surface area contributed by atoms with Crippen LogP contribution in [0.3, 0.4) is 0 Å². The van der Waals surface area contributed by atoms with E-state index >= 15 is 0 Å². The van der Waals surface area contributed by atoms with Crippen molar-refractivity contribution in [1.29, 1.82) is 0 Å². The second-order valence-corrected chi connectivity index (χ2v) is 5.55. The van der Waals surface area contributed by atoms with Gasteiger partial charge in [0, 0.05) is 18.1 Å². The van der Waals surface area contributed by atoms with E-state index < -0.39 is 0 Å². The highest BCUT2D eigenvalue weighted by Gasteiger charge is 2.36. The van der Waals surface area contributed by atoms with Crippen molar-refractivity contribution in [3.8, 4) is 0 Å². The first-order chi connectivity index (χ1) is 8.77. The van der Waals surface area contributed by atoms with Gasteiger partial charge in [0.15, 0.2) is 0 Å². The molecule has 1 saturated heterocycles. The van der Waals surface area contributed by atoms with E-state index in [1.807, 2.05) is 16.5 Å². The van der Waals surface area contributed by atoms with Crippen molar-refractivity contribution < 1.29 is 4.79 Å². The molecule has 1 aliphatic heterocycles. The fourth-order valence-electron chi connectivity index (χ4n) is 2.45. The summed E-state index contributed by atoms with van der Waals surface area (Å²) in [6.45, 7) is 6.00. The number of nitrogens with one attached hydrogen (secondary N) is 1. The summed E-state index contributed by atoms with van der Waals surface area (Å²) < 4.78 is 0. The van der Waals surface area contributed by atoms with Crippen molar-refractivity contribution in [3.05, 3.63) is 16.6 Å². The maximum absolute atomic E-state index is 12.3. The van der Waals surface area contributed by atoms with E-state index in [1.54, 1.807) is 11.3 Å². The SMILES string of the molecule is CCCNC1CCN(C(CC)c2nccs2)C1=O. The normalized spacial score (nSPS) is 21.6. The number of aromatic nitrogens is 1. The van der Waals surface area contributed by atoms with Crippen LogP contribution in [0.1, 0.15) is 44.2 Å². The molecular formula is C13H21N3OS. The maximum Gasteiger partial charge on any atom is 0.240 e. The zero-order chi connectivity index (χ0) is 13.0. The molecule has 18 heavy (non-hydrogen) atoms. The number of carbonyl (C=O) groups is 1. The molecule has 2 heterocycles. The second kappa shape index (κ2) is 6.29. The second-order valence-electron chi connectivity index (χ2n) is 4.62. The number of hydrogen-bond donors (Lipinski definition) is 1. The summed E-state index contributed by atoms with van der Waals surface area (Å²) in [4.78, 5) is 18.7. The van der Waals surface area contributed by atoms with Crippen LogP contribution in [0.25, 0.3) is 0 Å². The van der Waals surface area contributed by atoms with E-state index in [0.29, 0.717) is 0 Å². The standard InChI is InChI=1S/C13H21N3OS/c1-3-6-14-10-5-8-16(13(10)17)11(4-2)12-15-7-9-18-12/h7,9-11,14H,3-6,8H2,1-2H3. The van der Waals surface area contributed by atoms with Crippen molar-refractivity contribution in [2.24, 2.45) is 0 Å². The summed E-state index contributed by atoms with van der Waals surface area (Å²) in [6.07, 6.45) is 4.73. The molecule has 1 aromatic rings. The molecule has 0 spiro atoms. The van der Waals surface area contributed by atoms with Gasteiger partial charge in [0.25, 0.3) is 0 Å². The Balaban J connectivity index is 2.03. The van der Waals surface area contributed by atoms with E-state index in [9.17, 15) is 4.79 Å². The van der Waals surface area contributed by atoms with Gasteiger partial charge in [0.2, 0.25) is 5.91 Å². The molecule has 0 saturated carbocycles. The van der Waals surface area contributed by atoms with Crippen LogP contribution < -0.4 is 5.32 Å². The van der Waals surface area contributed by atoms with Crippen LogP contribution in [-0.4, -0.2) is 34.9 Å². The number of carbonyl (C=O) groups excluding carboxylic acids is 1. The summed E-state index contributed by atoms with van der Waals surface area (Å²) in [6, 6.07) is 0.171. The van der Waals surface area contributed by atoms with Crippen LogP contribution >= 0.6 is 11.3 Å². The average molecular weight is 267 g/mol. The lowest BCUT2D eigenvalue weighted by Crippen LogP contribution is -2.39. The number of thiazole rings is 1. The van der Waals surface area contributed by atoms with E-state index in [0.717, 1.165) is 37.4 Å². The van der Waals surface area contributed by atoms with Gasteiger partial charge in [-0.15, -0.1) is 11.3 Å². The van der Waals surface area contributed by atoms with Crippen LogP contribution in [-0.2, 0) is 4.79 Å². The maximum atomic E-state index is 12.3. The van der Waals surface area contributed by atoms with Crippen molar-refractivity contribution in [3.63, 3.8) is 0 Å². The number of nitrogens with zero attached hydrogens (tertiary/aromatic N) is 2. The number of rotatable bonds is 6. The third-order valence-corrected chi connectivity index (χ3v) is 4.26. The van der Waals surface area contributed by atoms with Crippen LogP contribution in [0, 0.1) is 0 Å². The molecule has 0 aromatic carbocycles. The molecule has 1 fully saturated rings. The quantitative estimate of drug-likeness (QED) is 0.859. The lowest BCUT2D eigenvalue weighted by molar-refractivity contribution is -0.131. The number of amides is 1. The molecule has 0 radical (unpaired) electrons. The largest absolute Gasteiger partial charge is 0.332 e. The number of hydrogen-bond acceptors (Lipinski definition) is 4. The van der Waals surface area contributed by atoms with Crippen LogP contribution in [0.15, 0.2) is 11.6 Å². The molecule has 0 bridgehead atoms. The molecule has 1 aromatic heterocycles. The highest BCUT2D eigenvalue weighted by molar-refractivity contribution is 7.09. The minimum Gasteiger partial charge on any atom is -0.332 e. The smallest absolute Gasteiger partial charge is 0.240 e. The van der Waals surface area contributed by atoms with Crippen molar-refractivity contribution >= 4 is 17.2 Å². The summed E-state index contributed by atoms with van der Waals surface area (Å²) in [5, 5.41) is 6.36. The van der Waals surface area contributed by atoms with Crippen LogP contribution in [0.5, 0.6) is 0 Å². The summed E-state index contributed by atoms with van der Waals surface area (Å²) in [5.74, 6) is 0.241. The zero-order valence-corrected chi connectivity index (χ0v) is 11.9. The number of likely N-dealkylation sites (tertiary alicyclic amines) is 1. The summed E-state index contributed by atoms with van der Waals surface area (Å²) >= 11 is 1.64. The molecule has 2 atom stereocenters. The Hall–Kier alpha value is -0.940. The lowest BCUT2D eigenvalue weighted by Gasteiger charge is -2.25. The average Bonchev–Trinajstić information content (AvgIpc) is 3.01. The zero-order valence-electron chi connectivity index (χ0n) is 11.1. The van der Waals surface area contributed by atoms with Gasteiger partial charge in [-0.3, -0.25) is 4.79 Å². The third kappa shape index (κ3) is 2.72. The Morgan fingerprint density at radius 1 is 1.61 bits per heavy atom. The minimum absolute atomic E-state index is 0.0129. The van der Waals surface area contributed by atoms with Crippen molar-refractivity contribution in [1.82, 2.24) is 15.2 Å². The first-order valence-corrected chi connectivity index (χ1v) is 7.59. The fraction of sp³-hybridized carbons (Fsp3) is 0.692. The van der Waals surface area contributed by atoms with E-state index in [2.05, 4.69) is 24.1 Å². The van der Waals surface area contributed by atoms with Gasteiger partial charge >= 0.3 is 0 Å². The molecular weight excluding hydrogens is 246 g/mol. The Bertz CT molecular complexity index is 380. The Labute approximate surface area is 112 Å². The minimum atomic E-state index is 0.0129. The fourth-order valence-corrected chi connectivity index (χ4v) is 3.28. The predicted octanol–water partition coefficient (Wildman–Crippen LogP) is 2.19. The third-order valence-electron chi connectivity index (χ3n) is 3.38. The van der Waals surface area contributed by atoms with E-state index in [4.69, 9.17) is 0 Å². The topological polar surface area (TPSA) is 45.2 Å². The summed E-state index contributed by atoms with van der Waals surface area (Å²) in [7, 11) is 0. The molecule has 1 N–H and O–H groups in total. The lowest BCUT2D eigenvalue weighted by atomic mass is 10.2. The Morgan fingerprint density at radius 2 is 2.44 bits per heavy atom. The predicted molar refractivity (Wildman–Crippen MR) is 73.6 cm³/mol. The first kappa shape index (κ1) is 13.5. The monoisotopic (exact) mass is 267 g/mol. The van der Waals surface area contributed by atoms with Gasteiger partial charge in [-0.2, -0.15) is 0 Å². The molecule has 5 heteroatoms. The van der Waals surface area contributed by atoms with Crippen molar-refractivity contribution in [2.45, 2.75) is 45.2 Å². The van der Waals surface area contributed by atoms with E-state index in [-0.39, 0.29) is 18.0 Å². The van der Waals surface area contributed by atoms with Gasteiger partial charge in [-0.25, -0.2) is 4.98 Å². The molecule has 1 aliphatic rings. The molecule has 1 amide bonds. The molecule has 2 unspecified atom stereocenters. The van der Waals surface area contributed by atoms with Crippen LogP contribution in [0.4, 0.5) is 0 Å². The van der Waals surface area contributed by atoms with Crippen LogP contribution in [0.2, 0.25) is 0 Å². The van der Waals surface area contributed by atoms with Gasteiger partial charge in [0.05, 0.1) is 12.1 Å². The first-order valence-electron chi connectivity index (χ1n) is 6.71. The molecule has 4 nitrogen and oxygen atoms in total. The summed E-state index contributed by atoms with van der Waals surface area (Å²) in [5.41, 5.74) is 0. The van der Waals surface area contributed by atoms with Gasteiger partial charge in [-0.1, -0.05) is 13.8 Å². The highest BCUT2D eigenvalue weighted by atomic mass is 32.1. The highest BCUT2D eigenvalue weighted by Crippen LogP contribution is 2.29.